The Morgan fingerprint density at radius 1 is 0.436 bits per heavy atom. The van der Waals surface area contributed by atoms with Crippen molar-refractivity contribution in [1.29, 1.82) is 0 Å². The quantitative estimate of drug-likeness (QED) is 0.0424. The molecule has 0 aliphatic heterocycles. The first-order valence-corrected chi connectivity index (χ1v) is 28.3. The van der Waals surface area contributed by atoms with Crippen LogP contribution >= 0.6 is 0 Å². The van der Waals surface area contributed by atoms with Crippen molar-refractivity contribution in [3.63, 3.8) is 0 Å². The van der Waals surface area contributed by atoms with Crippen LogP contribution in [-0.4, -0.2) is 124 Å². The number of carboxylic acids is 1. The second-order valence-electron chi connectivity index (χ2n) is 23.7. The third kappa shape index (κ3) is 27.2. The summed E-state index contributed by atoms with van der Waals surface area (Å²) in [6.45, 7) is 26.3. The number of nitrogens with two attached hydrogens (primary N) is 2. The molecule has 0 spiro atoms. The summed E-state index contributed by atoms with van der Waals surface area (Å²) in [5.41, 5.74) is 12.3. The molecule has 0 heterocycles. The van der Waals surface area contributed by atoms with E-state index in [0.29, 0.717) is 37.8 Å². The Kier molecular flexibility index (Phi) is 32.1. The van der Waals surface area contributed by atoms with Crippen LogP contribution in [0.1, 0.15) is 167 Å². The van der Waals surface area contributed by atoms with E-state index in [1.54, 1.807) is 19.1 Å². The number of hydrogen-bond donors (Lipinski definition) is 12. The lowest BCUT2D eigenvalue weighted by Crippen LogP contribution is -2.61. The average Bonchev–Trinajstić information content (AvgIpc) is 3.33. The van der Waals surface area contributed by atoms with Crippen molar-refractivity contribution in [2.75, 3.05) is 6.54 Å². The lowest BCUT2D eigenvalue weighted by Gasteiger charge is -2.30. The molecular formula is C57H100N10O11. The summed E-state index contributed by atoms with van der Waals surface area (Å²) in [5, 5.41) is 42.1. The van der Waals surface area contributed by atoms with E-state index in [2.05, 4.69) is 42.5 Å². The second-order valence-corrected chi connectivity index (χ2v) is 23.7. The van der Waals surface area contributed by atoms with Gasteiger partial charge in [0.2, 0.25) is 47.3 Å². The van der Waals surface area contributed by atoms with Gasteiger partial charge in [0.05, 0.1) is 6.04 Å². The van der Waals surface area contributed by atoms with Gasteiger partial charge in [-0.1, -0.05) is 122 Å². The molecule has 0 saturated heterocycles. The number of aliphatic carboxylic acids is 1. The van der Waals surface area contributed by atoms with E-state index in [9.17, 15) is 53.4 Å². The Balaban J connectivity index is 3.63. The number of carbonyl (C=O) groups excluding carboxylic acids is 8. The molecule has 0 aromatic heterocycles. The van der Waals surface area contributed by atoms with E-state index in [1.165, 1.54) is 12.1 Å². The maximum atomic E-state index is 14.6. The van der Waals surface area contributed by atoms with E-state index in [-0.39, 0.29) is 86.2 Å². The summed E-state index contributed by atoms with van der Waals surface area (Å²) in [5.74, 6) is -7.57. The summed E-state index contributed by atoms with van der Waals surface area (Å²) in [4.78, 5) is 125. The number of hydrogen-bond acceptors (Lipinski definition) is 12. The number of aromatic hydroxyl groups is 1. The highest BCUT2D eigenvalue weighted by molar-refractivity contribution is 5.98. The molecule has 14 N–H and O–H groups in total. The predicted octanol–water partition coefficient (Wildman–Crippen LogP) is 3.68. The number of phenolic OH excluding ortho intramolecular Hbond substituents is 1. The Hall–Kier alpha value is -5.83. The highest BCUT2D eigenvalue weighted by Gasteiger charge is 2.37. The van der Waals surface area contributed by atoms with Gasteiger partial charge in [-0.15, -0.1) is 0 Å². The number of unbranched alkanes of at least 4 members (excludes halogenated alkanes) is 1. The maximum absolute atomic E-state index is 14.6. The highest BCUT2D eigenvalue weighted by Crippen LogP contribution is 2.17. The predicted molar refractivity (Wildman–Crippen MR) is 302 cm³/mol. The number of carboxylic acid groups (broad SMARTS) is 1. The Labute approximate surface area is 464 Å². The Morgan fingerprint density at radius 3 is 1.09 bits per heavy atom. The molecule has 0 aliphatic rings. The standard InChI is InChI=1S/C57H100N10O11/c1-15-37(14)48(67-55(75)45(28-35(10)11)60-49(69)40(59)18-16-17-23-58)56(76)65-44(27-34(8)9)52(72)64-46(30-38-19-21-39(68)22-20-38)54(74)63-42(25-32(4)5)51(71)61-41(24-31(2)3)50(70)62-43(26-33(6)7)53(73)66-47(57(77)78)29-36(12)13/h19-22,31-37,40-48,68H,15-18,23-30,58-59H2,1-14H3,(H,60,69)(H,61,71)(H,62,70)(H,63,74)(H,64,72)(H,65,76)(H,66,73)(H,67,75)(H,77,78)/t37-,40-,41-,42-,43-,44-,45-,46-,47-,48-/m0/s1. The zero-order valence-corrected chi connectivity index (χ0v) is 49.3. The van der Waals surface area contributed by atoms with Crippen LogP contribution in [0.4, 0.5) is 0 Å². The number of nitrogens with one attached hydrogen (secondary N) is 8. The van der Waals surface area contributed by atoms with Crippen molar-refractivity contribution < 1.29 is 53.4 Å². The van der Waals surface area contributed by atoms with E-state index in [1.807, 2.05) is 90.0 Å². The van der Waals surface area contributed by atoms with Gasteiger partial charge in [-0.2, -0.15) is 0 Å². The lowest BCUT2D eigenvalue weighted by molar-refractivity contribution is -0.143. The molecule has 444 valence electrons. The normalized spacial score (nSPS) is 15.5. The molecule has 21 heteroatoms. The molecule has 0 unspecified atom stereocenters. The summed E-state index contributed by atoms with van der Waals surface area (Å²) in [7, 11) is 0. The zero-order chi connectivity index (χ0) is 59.6. The molecule has 8 amide bonds. The van der Waals surface area contributed by atoms with Gasteiger partial charge in [-0.05, 0) is 117 Å². The third-order valence-electron chi connectivity index (χ3n) is 13.1. The van der Waals surface area contributed by atoms with Crippen LogP contribution in [0.3, 0.4) is 0 Å². The van der Waals surface area contributed by atoms with Crippen molar-refractivity contribution in [3.8, 4) is 5.75 Å². The molecule has 10 atom stereocenters. The first-order chi connectivity index (χ1) is 36.4. The summed E-state index contributed by atoms with van der Waals surface area (Å²) in [6.07, 6.45) is 3.03. The van der Waals surface area contributed by atoms with Gasteiger partial charge < -0.3 is 64.2 Å². The minimum absolute atomic E-state index is 0.0228. The van der Waals surface area contributed by atoms with Crippen LogP contribution in [0.2, 0.25) is 0 Å². The second kappa shape index (κ2) is 35.6. The fourth-order valence-electron chi connectivity index (χ4n) is 8.78. The van der Waals surface area contributed by atoms with Crippen molar-refractivity contribution in [2.45, 2.75) is 222 Å². The summed E-state index contributed by atoms with van der Waals surface area (Å²) >= 11 is 0. The van der Waals surface area contributed by atoms with Gasteiger partial charge in [0, 0.05) is 6.42 Å². The number of rotatable bonds is 37. The molecule has 0 bridgehead atoms. The Morgan fingerprint density at radius 2 is 0.744 bits per heavy atom. The fourth-order valence-corrected chi connectivity index (χ4v) is 8.78. The van der Waals surface area contributed by atoms with Gasteiger partial charge >= 0.3 is 5.97 Å². The smallest absolute Gasteiger partial charge is 0.326 e. The zero-order valence-electron chi connectivity index (χ0n) is 49.3. The van der Waals surface area contributed by atoms with Crippen LogP contribution < -0.4 is 54.0 Å². The molecule has 0 saturated carbocycles. The van der Waals surface area contributed by atoms with Gasteiger partial charge in [-0.3, -0.25) is 38.4 Å². The molecular weight excluding hydrogens is 1000 g/mol. The number of amides is 8. The van der Waals surface area contributed by atoms with Gasteiger partial charge in [0.25, 0.3) is 0 Å². The van der Waals surface area contributed by atoms with Crippen molar-refractivity contribution in [3.05, 3.63) is 29.8 Å². The van der Waals surface area contributed by atoms with Crippen LogP contribution in [0, 0.1) is 41.4 Å². The van der Waals surface area contributed by atoms with Crippen LogP contribution in [0.15, 0.2) is 24.3 Å². The van der Waals surface area contributed by atoms with Crippen molar-refractivity contribution in [2.24, 2.45) is 52.9 Å². The molecule has 1 aromatic rings. The van der Waals surface area contributed by atoms with Crippen LogP contribution in [0.5, 0.6) is 5.75 Å². The summed E-state index contributed by atoms with van der Waals surface area (Å²) in [6, 6.07) is -4.30. The van der Waals surface area contributed by atoms with E-state index < -0.39 is 114 Å². The number of phenols is 1. The molecule has 21 nitrogen and oxygen atoms in total. The van der Waals surface area contributed by atoms with Gasteiger partial charge in [-0.25, -0.2) is 4.79 Å². The SMILES string of the molecule is CC[C@H](C)[C@H](NC(=O)[C@H](CC(C)C)NC(=O)[C@@H](N)CCCCN)C(=O)N[C@@H](CC(C)C)C(=O)N[C@@H](Cc1ccc(O)cc1)C(=O)N[C@@H](CC(C)C)C(=O)N[C@@H](CC(C)C)C(=O)N[C@@H](CC(C)C)C(=O)N[C@@H](CC(C)C)C(=O)O. The molecule has 0 fully saturated rings. The molecule has 1 aromatic carbocycles. The fraction of sp³-hybridized carbons (Fsp3) is 0.737. The largest absolute Gasteiger partial charge is 0.508 e. The number of benzene rings is 1. The maximum Gasteiger partial charge on any atom is 0.326 e. The molecule has 0 radical (unpaired) electrons. The minimum atomic E-state index is -1.35. The van der Waals surface area contributed by atoms with E-state index in [4.69, 9.17) is 11.5 Å². The first-order valence-electron chi connectivity index (χ1n) is 28.3. The van der Waals surface area contributed by atoms with Crippen molar-refractivity contribution >= 4 is 53.2 Å². The number of carbonyl (C=O) groups is 9. The average molecular weight is 1100 g/mol. The van der Waals surface area contributed by atoms with Crippen LogP contribution in [0.25, 0.3) is 0 Å². The lowest BCUT2D eigenvalue weighted by atomic mass is 9.95. The first kappa shape index (κ1) is 70.2. The minimum Gasteiger partial charge on any atom is -0.508 e. The third-order valence-corrected chi connectivity index (χ3v) is 13.1. The van der Waals surface area contributed by atoms with E-state index >= 15 is 0 Å². The van der Waals surface area contributed by atoms with Crippen molar-refractivity contribution in [1.82, 2.24) is 42.5 Å². The highest BCUT2D eigenvalue weighted by atomic mass is 16.4. The monoisotopic (exact) mass is 1100 g/mol. The molecule has 78 heavy (non-hydrogen) atoms. The van der Waals surface area contributed by atoms with E-state index in [0.717, 1.165) is 0 Å². The van der Waals surface area contributed by atoms with Gasteiger partial charge in [0.1, 0.15) is 54.1 Å². The topological polar surface area (TPSA) is 342 Å². The molecule has 0 aliphatic carbocycles. The van der Waals surface area contributed by atoms with Gasteiger partial charge in [0.15, 0.2) is 0 Å². The molecule has 1 rings (SSSR count). The van der Waals surface area contributed by atoms with Crippen LogP contribution in [-0.2, 0) is 49.6 Å². The summed E-state index contributed by atoms with van der Waals surface area (Å²) < 4.78 is 0. The Bertz CT molecular complexity index is 2070.